The number of nitrogens with one attached hydrogen (secondary N) is 1. The monoisotopic (exact) mass is 216 g/mol. The second kappa shape index (κ2) is 4.28. The Morgan fingerprint density at radius 2 is 2.12 bits per heavy atom. The maximum atomic E-state index is 8.15. The van der Waals surface area contributed by atoms with Crippen molar-refractivity contribution in [2.45, 2.75) is 33.6 Å². The van der Waals surface area contributed by atoms with Gasteiger partial charge in [-0.25, -0.2) is 0 Å². The Morgan fingerprint density at radius 3 is 2.81 bits per heavy atom. The molecule has 2 nitrogen and oxygen atoms in total. The minimum atomic E-state index is 0.298. The van der Waals surface area contributed by atoms with Gasteiger partial charge < -0.3 is 4.90 Å². The van der Waals surface area contributed by atoms with Crippen molar-refractivity contribution in [1.29, 1.82) is 5.41 Å². The first-order valence-electron chi connectivity index (χ1n) is 6.05. The van der Waals surface area contributed by atoms with Crippen LogP contribution in [0.4, 0.5) is 5.69 Å². The Morgan fingerprint density at radius 1 is 1.38 bits per heavy atom. The maximum Gasteiger partial charge on any atom is 0.103 e. The van der Waals surface area contributed by atoms with E-state index in [0.29, 0.717) is 5.92 Å². The molecule has 1 N–H and O–H groups in total. The van der Waals surface area contributed by atoms with Crippen LogP contribution in [0.25, 0.3) is 0 Å². The van der Waals surface area contributed by atoms with Gasteiger partial charge >= 0.3 is 0 Å². The third kappa shape index (κ3) is 1.97. The van der Waals surface area contributed by atoms with Gasteiger partial charge in [0.1, 0.15) is 5.84 Å². The minimum Gasteiger partial charge on any atom is -0.330 e. The Labute approximate surface area is 97.8 Å². The quantitative estimate of drug-likeness (QED) is 0.565. The summed E-state index contributed by atoms with van der Waals surface area (Å²) in [6.45, 7) is 7.30. The molecule has 1 heterocycles. The van der Waals surface area contributed by atoms with Crippen molar-refractivity contribution in [3.8, 4) is 0 Å². The van der Waals surface area contributed by atoms with Gasteiger partial charge in [0.05, 0.1) is 0 Å². The number of amidine groups is 1. The van der Waals surface area contributed by atoms with Crippen LogP contribution in [-0.2, 0) is 6.42 Å². The third-order valence-corrected chi connectivity index (χ3v) is 3.19. The normalized spacial score (nSPS) is 15.1. The molecule has 1 aromatic carbocycles. The Balaban J connectivity index is 2.37. The highest BCUT2D eigenvalue weighted by molar-refractivity contribution is 5.97. The van der Waals surface area contributed by atoms with Crippen LogP contribution >= 0.6 is 0 Å². The summed E-state index contributed by atoms with van der Waals surface area (Å²) in [5, 5.41) is 8.15. The first-order chi connectivity index (χ1) is 7.59. The summed E-state index contributed by atoms with van der Waals surface area (Å²) in [5.74, 6) is 1.04. The van der Waals surface area contributed by atoms with E-state index in [1.807, 2.05) is 0 Å². The second-order valence-electron chi connectivity index (χ2n) is 4.93. The topological polar surface area (TPSA) is 27.1 Å². The van der Waals surface area contributed by atoms with Gasteiger partial charge in [-0.15, -0.1) is 0 Å². The lowest BCUT2D eigenvalue weighted by atomic mass is 9.98. The number of nitrogens with zero attached hydrogens (tertiary/aromatic N) is 1. The maximum absolute atomic E-state index is 8.15. The molecular weight excluding hydrogens is 196 g/mol. The number of rotatable bonds is 1. The fraction of sp³-hybridized carbons (Fsp3) is 0.500. The van der Waals surface area contributed by atoms with Gasteiger partial charge in [-0.05, 0) is 31.4 Å². The van der Waals surface area contributed by atoms with E-state index in [0.717, 1.165) is 25.2 Å². The van der Waals surface area contributed by atoms with Crippen LogP contribution in [0.1, 0.15) is 31.4 Å². The van der Waals surface area contributed by atoms with Crippen LogP contribution in [-0.4, -0.2) is 12.4 Å². The largest absolute Gasteiger partial charge is 0.330 e. The third-order valence-electron chi connectivity index (χ3n) is 3.19. The fourth-order valence-corrected chi connectivity index (χ4v) is 2.29. The van der Waals surface area contributed by atoms with Gasteiger partial charge in [-0.2, -0.15) is 0 Å². The van der Waals surface area contributed by atoms with Crippen LogP contribution in [0, 0.1) is 18.3 Å². The first kappa shape index (κ1) is 11.2. The number of benzene rings is 1. The standard InChI is InChI=1S/C14H20N2/c1-10(2)14(15)16-8-4-5-12-9-11(3)6-7-13(12)16/h6-7,9-10,15H,4-5,8H2,1-3H3. The fourth-order valence-electron chi connectivity index (χ4n) is 2.29. The van der Waals surface area contributed by atoms with E-state index in [1.165, 1.54) is 16.8 Å². The van der Waals surface area contributed by atoms with E-state index in [4.69, 9.17) is 5.41 Å². The molecule has 1 aromatic rings. The number of anilines is 1. The van der Waals surface area contributed by atoms with Crippen molar-refractivity contribution in [3.63, 3.8) is 0 Å². The zero-order chi connectivity index (χ0) is 11.7. The molecule has 0 radical (unpaired) electrons. The predicted molar refractivity (Wildman–Crippen MR) is 69.4 cm³/mol. The number of hydrogen-bond donors (Lipinski definition) is 1. The molecule has 0 saturated heterocycles. The molecule has 2 rings (SSSR count). The van der Waals surface area contributed by atoms with Crippen molar-refractivity contribution in [3.05, 3.63) is 29.3 Å². The molecule has 16 heavy (non-hydrogen) atoms. The lowest BCUT2D eigenvalue weighted by Crippen LogP contribution is -2.37. The van der Waals surface area contributed by atoms with Gasteiger partial charge in [0.15, 0.2) is 0 Å². The first-order valence-corrected chi connectivity index (χ1v) is 6.05. The second-order valence-corrected chi connectivity index (χ2v) is 4.93. The van der Waals surface area contributed by atoms with E-state index >= 15 is 0 Å². The summed E-state index contributed by atoms with van der Waals surface area (Å²) in [7, 11) is 0. The van der Waals surface area contributed by atoms with Gasteiger partial charge in [0.25, 0.3) is 0 Å². The zero-order valence-corrected chi connectivity index (χ0v) is 10.4. The molecule has 0 aliphatic carbocycles. The molecule has 2 heteroatoms. The van der Waals surface area contributed by atoms with E-state index in [1.54, 1.807) is 0 Å². The van der Waals surface area contributed by atoms with Crippen molar-refractivity contribution >= 4 is 11.5 Å². The SMILES string of the molecule is Cc1ccc2c(c1)CCCN2C(=N)C(C)C. The van der Waals surface area contributed by atoms with Gasteiger partial charge in [0, 0.05) is 18.2 Å². The zero-order valence-electron chi connectivity index (χ0n) is 10.4. The van der Waals surface area contributed by atoms with Crippen molar-refractivity contribution in [2.24, 2.45) is 5.92 Å². The van der Waals surface area contributed by atoms with Gasteiger partial charge in [-0.1, -0.05) is 31.5 Å². The summed E-state index contributed by atoms with van der Waals surface area (Å²) < 4.78 is 0. The molecule has 86 valence electrons. The Bertz CT molecular complexity index is 407. The average Bonchev–Trinajstić information content (AvgIpc) is 2.26. The molecule has 0 bridgehead atoms. The molecule has 1 aliphatic rings. The predicted octanol–water partition coefficient (Wildman–Crippen LogP) is 3.38. The molecular formula is C14H20N2. The van der Waals surface area contributed by atoms with Crippen LogP contribution < -0.4 is 4.90 Å². The lowest BCUT2D eigenvalue weighted by molar-refractivity contribution is 0.742. The van der Waals surface area contributed by atoms with Crippen molar-refractivity contribution in [1.82, 2.24) is 0 Å². The number of hydrogen-bond acceptors (Lipinski definition) is 1. The summed E-state index contributed by atoms with van der Waals surface area (Å²) >= 11 is 0. The Hall–Kier alpha value is -1.31. The van der Waals surface area contributed by atoms with Crippen LogP contribution in [0.2, 0.25) is 0 Å². The van der Waals surface area contributed by atoms with E-state index < -0.39 is 0 Å². The van der Waals surface area contributed by atoms with E-state index in [-0.39, 0.29) is 0 Å². The minimum absolute atomic E-state index is 0.298. The van der Waals surface area contributed by atoms with Crippen molar-refractivity contribution < 1.29 is 0 Å². The van der Waals surface area contributed by atoms with Crippen molar-refractivity contribution in [2.75, 3.05) is 11.4 Å². The lowest BCUT2D eigenvalue weighted by Gasteiger charge is -2.33. The van der Waals surface area contributed by atoms with Gasteiger partial charge in [-0.3, -0.25) is 5.41 Å². The molecule has 0 unspecified atom stereocenters. The Kier molecular flexibility index (Phi) is 2.99. The molecule has 0 spiro atoms. The molecule has 0 amide bonds. The molecule has 0 saturated carbocycles. The molecule has 1 aliphatic heterocycles. The van der Waals surface area contributed by atoms with Crippen LogP contribution in [0.3, 0.4) is 0 Å². The highest BCUT2D eigenvalue weighted by atomic mass is 15.2. The summed E-state index contributed by atoms with van der Waals surface area (Å²) in [4.78, 5) is 2.17. The molecule has 0 atom stereocenters. The highest BCUT2D eigenvalue weighted by Crippen LogP contribution is 2.29. The average molecular weight is 216 g/mol. The highest BCUT2D eigenvalue weighted by Gasteiger charge is 2.21. The number of aryl methyl sites for hydroxylation is 2. The van der Waals surface area contributed by atoms with Crippen LogP contribution in [0.5, 0.6) is 0 Å². The van der Waals surface area contributed by atoms with E-state index in [9.17, 15) is 0 Å². The molecule has 0 fully saturated rings. The smallest absolute Gasteiger partial charge is 0.103 e. The van der Waals surface area contributed by atoms with Crippen LogP contribution in [0.15, 0.2) is 18.2 Å². The number of fused-ring (bicyclic) bond motifs is 1. The summed E-state index contributed by atoms with van der Waals surface area (Å²) in [6.07, 6.45) is 2.31. The summed E-state index contributed by atoms with van der Waals surface area (Å²) in [5.41, 5.74) is 3.96. The van der Waals surface area contributed by atoms with Gasteiger partial charge in [0.2, 0.25) is 0 Å². The summed E-state index contributed by atoms with van der Waals surface area (Å²) in [6, 6.07) is 6.57. The van der Waals surface area contributed by atoms with E-state index in [2.05, 4.69) is 43.9 Å². The molecule has 0 aromatic heterocycles.